The lowest BCUT2D eigenvalue weighted by Gasteiger charge is -2.07. The quantitative estimate of drug-likeness (QED) is 0.203. The molecule has 9 nitrogen and oxygen atoms in total. The van der Waals surface area contributed by atoms with E-state index in [2.05, 4.69) is 10.1 Å². The van der Waals surface area contributed by atoms with Gasteiger partial charge in [0.2, 0.25) is 5.82 Å². The number of nitro benzene ring substituents is 1. The molecule has 9 heteroatoms. The number of nitro groups is 1. The van der Waals surface area contributed by atoms with Crippen LogP contribution in [0.25, 0.3) is 33.5 Å². The average Bonchev–Trinajstić information content (AvgIpc) is 3.28. The molecule has 0 radical (unpaired) electrons. The van der Waals surface area contributed by atoms with Gasteiger partial charge in [0.15, 0.2) is 11.5 Å². The second kappa shape index (κ2) is 8.62. The summed E-state index contributed by atoms with van der Waals surface area (Å²) in [6.07, 6.45) is 1.37. The number of furan rings is 1. The van der Waals surface area contributed by atoms with E-state index in [0.29, 0.717) is 34.4 Å². The van der Waals surface area contributed by atoms with Gasteiger partial charge in [-0.2, -0.15) is 9.78 Å². The summed E-state index contributed by atoms with van der Waals surface area (Å²) in [7, 11) is 0. The van der Waals surface area contributed by atoms with E-state index in [9.17, 15) is 14.9 Å². The molecular weight excluding hydrogens is 436 g/mol. The zero-order valence-electron chi connectivity index (χ0n) is 18.0. The van der Waals surface area contributed by atoms with Crippen LogP contribution in [0.2, 0.25) is 0 Å². The molecule has 0 amide bonds. The van der Waals surface area contributed by atoms with Crippen LogP contribution in [-0.4, -0.2) is 27.4 Å². The normalized spacial score (nSPS) is 11.4. The van der Waals surface area contributed by atoms with Gasteiger partial charge in [-0.05, 0) is 43.3 Å². The summed E-state index contributed by atoms with van der Waals surface area (Å²) in [6.45, 7) is 2.05. The second-order valence-corrected chi connectivity index (χ2v) is 7.38. The van der Waals surface area contributed by atoms with Crippen LogP contribution in [0.3, 0.4) is 0 Å². The monoisotopic (exact) mass is 454 g/mol. The van der Waals surface area contributed by atoms with Crippen LogP contribution in [0.1, 0.15) is 12.5 Å². The van der Waals surface area contributed by atoms with Crippen molar-refractivity contribution in [2.24, 2.45) is 5.10 Å². The van der Waals surface area contributed by atoms with E-state index in [4.69, 9.17) is 9.15 Å². The molecule has 5 aromatic rings. The van der Waals surface area contributed by atoms with Gasteiger partial charge in [0.1, 0.15) is 5.58 Å². The minimum Gasteiger partial charge on any atom is -0.487 e. The van der Waals surface area contributed by atoms with Crippen molar-refractivity contribution in [3.8, 4) is 17.3 Å². The van der Waals surface area contributed by atoms with E-state index in [1.165, 1.54) is 18.3 Å². The Kier molecular flexibility index (Phi) is 5.35. The maximum absolute atomic E-state index is 13.3. The third kappa shape index (κ3) is 3.79. The van der Waals surface area contributed by atoms with Gasteiger partial charge in [-0.25, -0.2) is 4.98 Å². The second-order valence-electron chi connectivity index (χ2n) is 7.38. The van der Waals surface area contributed by atoms with Crippen LogP contribution in [-0.2, 0) is 0 Å². The highest BCUT2D eigenvalue weighted by atomic mass is 16.6. The van der Waals surface area contributed by atoms with E-state index >= 15 is 0 Å². The average molecular weight is 454 g/mol. The van der Waals surface area contributed by atoms with Gasteiger partial charge < -0.3 is 9.15 Å². The number of nitrogens with zero attached hydrogens (tertiary/aromatic N) is 4. The highest BCUT2D eigenvalue weighted by molar-refractivity contribution is 5.85. The molecule has 5 rings (SSSR count). The van der Waals surface area contributed by atoms with Crippen LogP contribution in [0.15, 0.2) is 87.1 Å². The number of para-hydroxylation sites is 2. The van der Waals surface area contributed by atoms with Gasteiger partial charge in [-0.15, -0.1) is 0 Å². The van der Waals surface area contributed by atoms with E-state index in [1.807, 2.05) is 24.3 Å². The number of fused-ring (bicyclic) bond motifs is 2. The van der Waals surface area contributed by atoms with Gasteiger partial charge in [0.25, 0.3) is 5.56 Å². The smallest absolute Gasteiger partial charge is 0.311 e. The Morgan fingerprint density at radius 2 is 1.91 bits per heavy atom. The molecule has 0 aliphatic heterocycles. The van der Waals surface area contributed by atoms with Crippen LogP contribution < -0.4 is 10.3 Å². The molecule has 0 N–H and O–H groups in total. The van der Waals surface area contributed by atoms with Crippen molar-refractivity contribution in [3.63, 3.8) is 0 Å². The molecule has 0 saturated carbocycles. The molecule has 0 bridgehead atoms. The van der Waals surface area contributed by atoms with Crippen molar-refractivity contribution in [1.82, 2.24) is 9.66 Å². The number of hydrogen-bond donors (Lipinski definition) is 0. The topological polar surface area (TPSA) is 113 Å². The molecule has 168 valence electrons. The Morgan fingerprint density at radius 3 is 2.71 bits per heavy atom. The first-order valence-corrected chi connectivity index (χ1v) is 10.5. The van der Waals surface area contributed by atoms with Crippen LogP contribution in [0.5, 0.6) is 5.75 Å². The van der Waals surface area contributed by atoms with Gasteiger partial charge in [-0.1, -0.05) is 30.3 Å². The Bertz CT molecular complexity index is 1600. The van der Waals surface area contributed by atoms with Crippen molar-refractivity contribution in [3.05, 3.63) is 98.8 Å². The molecule has 34 heavy (non-hydrogen) atoms. The number of benzene rings is 3. The fourth-order valence-electron chi connectivity index (χ4n) is 3.64. The molecular formula is C25H18N4O5. The van der Waals surface area contributed by atoms with Crippen molar-refractivity contribution in [2.45, 2.75) is 6.92 Å². The molecule has 0 unspecified atom stereocenters. The third-order valence-electron chi connectivity index (χ3n) is 5.20. The maximum Gasteiger partial charge on any atom is 0.311 e. The lowest BCUT2D eigenvalue weighted by molar-refractivity contribution is -0.385. The van der Waals surface area contributed by atoms with E-state index in [1.54, 1.807) is 43.3 Å². The third-order valence-corrected chi connectivity index (χ3v) is 5.20. The summed E-state index contributed by atoms with van der Waals surface area (Å²) in [4.78, 5) is 28.9. The number of aromatic nitrogens is 2. The van der Waals surface area contributed by atoms with Crippen LogP contribution in [0.4, 0.5) is 5.69 Å². The summed E-state index contributed by atoms with van der Waals surface area (Å²) in [5, 5.41) is 17.0. The van der Waals surface area contributed by atoms with Crippen molar-refractivity contribution < 1.29 is 14.1 Å². The van der Waals surface area contributed by atoms with Crippen LogP contribution in [0, 0.1) is 10.1 Å². The molecule has 3 aromatic carbocycles. The van der Waals surface area contributed by atoms with E-state index in [-0.39, 0.29) is 17.3 Å². The zero-order valence-corrected chi connectivity index (χ0v) is 18.0. The minimum absolute atomic E-state index is 0.164. The molecule has 0 atom stereocenters. The molecule has 0 fully saturated rings. The lowest BCUT2D eigenvalue weighted by Crippen LogP contribution is -2.20. The summed E-state index contributed by atoms with van der Waals surface area (Å²) < 4.78 is 12.4. The summed E-state index contributed by atoms with van der Waals surface area (Å²) in [5.74, 6) is 0.757. The summed E-state index contributed by atoms with van der Waals surface area (Å²) in [6, 6.07) is 20.7. The lowest BCUT2D eigenvalue weighted by atomic mass is 10.2. The van der Waals surface area contributed by atoms with Gasteiger partial charge >= 0.3 is 5.69 Å². The molecule has 0 saturated heterocycles. The summed E-state index contributed by atoms with van der Waals surface area (Å²) >= 11 is 0. The van der Waals surface area contributed by atoms with Gasteiger partial charge in [-0.3, -0.25) is 14.9 Å². The first-order valence-electron chi connectivity index (χ1n) is 10.5. The van der Waals surface area contributed by atoms with Gasteiger partial charge in [0.05, 0.1) is 28.6 Å². The van der Waals surface area contributed by atoms with E-state index in [0.717, 1.165) is 10.1 Å². The molecule has 2 aromatic heterocycles. The molecule has 0 aliphatic rings. The maximum atomic E-state index is 13.3. The zero-order chi connectivity index (χ0) is 23.7. The summed E-state index contributed by atoms with van der Waals surface area (Å²) in [5.41, 5.74) is 1.000. The number of rotatable bonds is 6. The predicted molar refractivity (Wildman–Crippen MR) is 128 cm³/mol. The molecule has 2 heterocycles. The molecule has 0 aliphatic carbocycles. The molecule has 0 spiro atoms. The Hall–Kier alpha value is -4.79. The van der Waals surface area contributed by atoms with Crippen molar-refractivity contribution in [1.29, 1.82) is 0 Å². The van der Waals surface area contributed by atoms with E-state index < -0.39 is 10.5 Å². The SMILES string of the molecule is CCOc1ccc(C=Nn2c(-c3cc4ccccc4o3)nc3ccccc3c2=O)cc1[N+](=O)[O-]. The first kappa shape index (κ1) is 21.1. The standard InChI is InChI=1S/C25H18N4O5/c1-2-33-22-12-11-16(13-20(22)29(31)32)15-26-28-24(23-14-17-7-3-6-10-21(17)34-23)27-19-9-5-4-8-18(19)25(28)30/h3-15H,2H2,1H3. The Labute approximate surface area is 192 Å². The van der Waals surface area contributed by atoms with Gasteiger partial charge in [0, 0.05) is 17.0 Å². The fourth-order valence-corrected chi connectivity index (χ4v) is 3.64. The Morgan fingerprint density at radius 1 is 1.12 bits per heavy atom. The first-order chi connectivity index (χ1) is 16.5. The predicted octanol–water partition coefficient (Wildman–Crippen LogP) is 5.00. The highest BCUT2D eigenvalue weighted by Gasteiger charge is 2.18. The largest absolute Gasteiger partial charge is 0.487 e. The number of ether oxygens (including phenoxy) is 1. The number of hydrogen-bond acceptors (Lipinski definition) is 7. The van der Waals surface area contributed by atoms with Crippen molar-refractivity contribution in [2.75, 3.05) is 6.61 Å². The van der Waals surface area contributed by atoms with Crippen LogP contribution >= 0.6 is 0 Å². The highest BCUT2D eigenvalue weighted by Crippen LogP contribution is 2.29. The Balaban J connectivity index is 1.67. The minimum atomic E-state index is -0.522. The van der Waals surface area contributed by atoms with Crippen molar-refractivity contribution >= 4 is 33.8 Å². The fraction of sp³-hybridized carbons (Fsp3) is 0.0800.